The van der Waals surface area contributed by atoms with E-state index in [9.17, 15) is 19.2 Å². The van der Waals surface area contributed by atoms with E-state index in [1.165, 1.54) is 13.0 Å². The predicted octanol–water partition coefficient (Wildman–Crippen LogP) is 1.80. The molecule has 0 amide bonds. The van der Waals surface area contributed by atoms with E-state index in [0.29, 0.717) is 11.0 Å². The molecule has 0 aliphatic heterocycles. The molecule has 0 bridgehead atoms. The van der Waals surface area contributed by atoms with Gasteiger partial charge in [0, 0.05) is 0 Å². The highest BCUT2D eigenvalue weighted by molar-refractivity contribution is 6.08. The maximum Gasteiger partial charge on any atom is 0.261 e. The summed E-state index contributed by atoms with van der Waals surface area (Å²) in [5.41, 5.74) is -0.890. The minimum Gasteiger partial charge on any atom is -0.439 e. The molecule has 1 N–H and O–H groups in total. The van der Waals surface area contributed by atoms with Crippen molar-refractivity contribution in [2.45, 2.75) is 13.3 Å². The number of benzene rings is 1. The maximum atomic E-state index is 12.4. The first kappa shape index (κ1) is 13.9. The van der Waals surface area contributed by atoms with Crippen molar-refractivity contribution >= 4 is 33.6 Å². The van der Waals surface area contributed by atoms with Gasteiger partial charge in [-0.3, -0.25) is 24.2 Å². The Kier molecular flexibility index (Phi) is 3.21. The van der Waals surface area contributed by atoms with Crippen molar-refractivity contribution in [3.05, 3.63) is 56.5 Å². The summed E-state index contributed by atoms with van der Waals surface area (Å²) in [6, 6.07) is 7.81. The van der Waals surface area contributed by atoms with E-state index in [2.05, 4.69) is 4.98 Å². The summed E-state index contributed by atoms with van der Waals surface area (Å²) < 4.78 is 5.49. The molecule has 3 aromatic rings. The first-order valence-corrected chi connectivity index (χ1v) is 6.59. The molecule has 6 heteroatoms. The Bertz CT molecular complexity index is 1040. The van der Waals surface area contributed by atoms with E-state index in [1.807, 2.05) is 0 Å². The lowest BCUT2D eigenvalue weighted by molar-refractivity contribution is -0.116. The van der Waals surface area contributed by atoms with Crippen LogP contribution in [0.2, 0.25) is 0 Å². The molecule has 1 aromatic carbocycles. The van der Waals surface area contributed by atoms with Gasteiger partial charge in [0.05, 0.1) is 22.8 Å². The SMILES string of the molecule is CC(=O)CC(=O)c1cc2c(=O)c3ccccc3oc2[nH]c1=O. The molecule has 0 saturated carbocycles. The van der Waals surface area contributed by atoms with Gasteiger partial charge >= 0.3 is 0 Å². The van der Waals surface area contributed by atoms with Gasteiger partial charge in [0.15, 0.2) is 5.78 Å². The second kappa shape index (κ2) is 5.07. The van der Waals surface area contributed by atoms with Crippen molar-refractivity contribution in [2.75, 3.05) is 0 Å². The molecule has 2 heterocycles. The molecule has 6 nitrogen and oxygen atoms in total. The molecule has 22 heavy (non-hydrogen) atoms. The third-order valence-electron chi connectivity index (χ3n) is 3.30. The first-order chi connectivity index (χ1) is 10.5. The summed E-state index contributed by atoms with van der Waals surface area (Å²) in [6.07, 6.45) is -0.381. The normalized spacial score (nSPS) is 11.0. The summed E-state index contributed by atoms with van der Waals surface area (Å²) in [5.74, 6) is -0.974. The fraction of sp³-hybridized carbons (Fsp3) is 0.125. The molecule has 3 rings (SSSR count). The Morgan fingerprint density at radius 2 is 1.86 bits per heavy atom. The number of Topliss-reactive ketones (excluding diaryl/α,β-unsaturated/α-hetero) is 2. The minimum atomic E-state index is -0.683. The number of aromatic amines is 1. The molecule has 0 atom stereocenters. The van der Waals surface area contributed by atoms with Crippen molar-refractivity contribution in [1.82, 2.24) is 4.98 Å². The number of ketones is 2. The molecular formula is C16H11NO5. The van der Waals surface area contributed by atoms with Crippen LogP contribution >= 0.6 is 0 Å². The molecule has 0 unspecified atom stereocenters. The zero-order valence-corrected chi connectivity index (χ0v) is 11.6. The van der Waals surface area contributed by atoms with Gasteiger partial charge < -0.3 is 4.42 Å². The van der Waals surface area contributed by atoms with Gasteiger partial charge in [-0.05, 0) is 25.1 Å². The van der Waals surface area contributed by atoms with Crippen LogP contribution in [0.25, 0.3) is 22.1 Å². The van der Waals surface area contributed by atoms with Gasteiger partial charge in [-0.25, -0.2) is 0 Å². The number of hydrogen-bond acceptors (Lipinski definition) is 5. The minimum absolute atomic E-state index is 0.00748. The summed E-state index contributed by atoms with van der Waals surface area (Å²) in [5, 5.41) is 0.456. The van der Waals surface area contributed by atoms with Gasteiger partial charge in [0.1, 0.15) is 11.4 Å². The van der Waals surface area contributed by atoms with Gasteiger partial charge in [0.2, 0.25) is 11.1 Å². The Labute approximate surface area is 123 Å². The number of hydrogen-bond donors (Lipinski definition) is 1. The van der Waals surface area contributed by atoms with Crippen LogP contribution in [0.15, 0.2) is 44.3 Å². The highest BCUT2D eigenvalue weighted by atomic mass is 16.3. The van der Waals surface area contributed by atoms with Crippen LogP contribution in [0.3, 0.4) is 0 Å². The van der Waals surface area contributed by atoms with Gasteiger partial charge in [0.25, 0.3) is 5.56 Å². The van der Waals surface area contributed by atoms with Crippen molar-refractivity contribution in [2.24, 2.45) is 0 Å². The van der Waals surface area contributed by atoms with Crippen molar-refractivity contribution in [3.63, 3.8) is 0 Å². The number of H-pyrrole nitrogens is 1. The second-order valence-electron chi connectivity index (χ2n) is 4.98. The average Bonchev–Trinajstić information content (AvgIpc) is 2.46. The lowest BCUT2D eigenvalue weighted by atomic mass is 10.1. The van der Waals surface area contributed by atoms with Crippen LogP contribution in [0.1, 0.15) is 23.7 Å². The second-order valence-corrected chi connectivity index (χ2v) is 4.98. The molecule has 2 aromatic heterocycles. The molecule has 0 aliphatic rings. The molecule has 0 aliphatic carbocycles. The van der Waals surface area contributed by atoms with E-state index in [1.54, 1.807) is 24.3 Å². The van der Waals surface area contributed by atoms with Gasteiger partial charge in [-0.2, -0.15) is 0 Å². The smallest absolute Gasteiger partial charge is 0.261 e. The highest BCUT2D eigenvalue weighted by Crippen LogP contribution is 2.16. The lowest BCUT2D eigenvalue weighted by Gasteiger charge is -2.03. The Morgan fingerprint density at radius 3 is 2.59 bits per heavy atom. The van der Waals surface area contributed by atoms with E-state index in [-0.39, 0.29) is 34.3 Å². The molecule has 0 saturated heterocycles. The fourth-order valence-corrected chi connectivity index (χ4v) is 2.29. The summed E-state index contributed by atoms with van der Waals surface area (Å²) >= 11 is 0. The molecule has 0 fully saturated rings. The van der Waals surface area contributed by atoms with E-state index >= 15 is 0 Å². The first-order valence-electron chi connectivity index (χ1n) is 6.59. The van der Waals surface area contributed by atoms with E-state index in [0.717, 1.165) is 0 Å². The Hall–Kier alpha value is -3.02. The number of para-hydroxylation sites is 1. The van der Waals surface area contributed by atoms with Crippen LogP contribution in [-0.2, 0) is 4.79 Å². The summed E-state index contributed by atoms with van der Waals surface area (Å²) in [7, 11) is 0. The zero-order valence-electron chi connectivity index (χ0n) is 11.6. The monoisotopic (exact) mass is 297 g/mol. The molecule has 110 valence electrons. The number of nitrogens with one attached hydrogen (secondary N) is 1. The van der Waals surface area contributed by atoms with Crippen LogP contribution in [-0.4, -0.2) is 16.6 Å². The highest BCUT2D eigenvalue weighted by Gasteiger charge is 2.16. The lowest BCUT2D eigenvalue weighted by Crippen LogP contribution is -2.20. The van der Waals surface area contributed by atoms with E-state index < -0.39 is 11.3 Å². The Balaban J connectivity index is 2.33. The molecular weight excluding hydrogens is 286 g/mol. The summed E-state index contributed by atoms with van der Waals surface area (Å²) in [6.45, 7) is 1.26. The van der Waals surface area contributed by atoms with Crippen molar-refractivity contribution in [1.29, 1.82) is 0 Å². The molecule has 0 spiro atoms. The van der Waals surface area contributed by atoms with Crippen molar-refractivity contribution < 1.29 is 14.0 Å². The number of pyridine rings is 1. The average molecular weight is 297 g/mol. The van der Waals surface area contributed by atoms with Gasteiger partial charge in [-0.1, -0.05) is 12.1 Å². The standard InChI is InChI=1S/C16H11NO5/c1-8(18)6-12(19)10-7-11-14(20)9-4-2-3-5-13(9)22-16(11)17-15(10)21/h2-5,7H,6H2,1H3,(H,17,21). The van der Waals surface area contributed by atoms with Crippen LogP contribution < -0.4 is 11.0 Å². The van der Waals surface area contributed by atoms with Crippen LogP contribution in [0.4, 0.5) is 0 Å². The van der Waals surface area contributed by atoms with E-state index in [4.69, 9.17) is 4.42 Å². The fourth-order valence-electron chi connectivity index (χ4n) is 2.29. The maximum absolute atomic E-state index is 12.4. The number of aromatic nitrogens is 1. The summed E-state index contributed by atoms with van der Waals surface area (Å²) in [4.78, 5) is 49.7. The third-order valence-corrected chi connectivity index (χ3v) is 3.30. The number of fused-ring (bicyclic) bond motifs is 2. The number of rotatable bonds is 3. The number of carbonyl (C=O) groups is 2. The predicted molar refractivity (Wildman–Crippen MR) is 80.2 cm³/mol. The van der Waals surface area contributed by atoms with Gasteiger partial charge in [-0.15, -0.1) is 0 Å². The Morgan fingerprint density at radius 1 is 1.14 bits per heavy atom. The van der Waals surface area contributed by atoms with Crippen molar-refractivity contribution in [3.8, 4) is 0 Å². The van der Waals surface area contributed by atoms with Crippen LogP contribution in [0, 0.1) is 0 Å². The number of carbonyl (C=O) groups excluding carboxylic acids is 2. The topological polar surface area (TPSA) is 97.2 Å². The molecule has 0 radical (unpaired) electrons. The van der Waals surface area contributed by atoms with Crippen LogP contribution in [0.5, 0.6) is 0 Å². The largest absolute Gasteiger partial charge is 0.439 e. The zero-order chi connectivity index (χ0) is 15.9. The quantitative estimate of drug-likeness (QED) is 0.451. The third kappa shape index (κ3) is 2.24.